The summed E-state index contributed by atoms with van der Waals surface area (Å²) in [4.78, 5) is 33.8. The van der Waals surface area contributed by atoms with E-state index in [1.807, 2.05) is 49.3 Å². The van der Waals surface area contributed by atoms with Gasteiger partial charge in [0, 0.05) is 25.5 Å². The highest BCUT2D eigenvalue weighted by molar-refractivity contribution is 5.94. The van der Waals surface area contributed by atoms with Gasteiger partial charge >= 0.3 is 0 Å². The predicted octanol–water partition coefficient (Wildman–Crippen LogP) is 1.36. The second kappa shape index (κ2) is 7.42. The second-order valence-corrected chi connectivity index (χ2v) is 7.68. The average molecular weight is 392 g/mol. The Morgan fingerprint density at radius 1 is 1.17 bits per heavy atom. The van der Waals surface area contributed by atoms with Crippen LogP contribution in [0.25, 0.3) is 5.65 Å². The fourth-order valence-electron chi connectivity index (χ4n) is 4.11. The third-order valence-corrected chi connectivity index (χ3v) is 5.74. The van der Waals surface area contributed by atoms with Gasteiger partial charge in [0.05, 0.1) is 6.04 Å². The third-order valence-electron chi connectivity index (χ3n) is 5.74. The predicted molar refractivity (Wildman–Crippen MR) is 110 cm³/mol. The molecule has 1 aliphatic rings. The number of aliphatic hydroxyl groups is 1. The van der Waals surface area contributed by atoms with Crippen molar-refractivity contribution in [3.8, 4) is 0 Å². The van der Waals surface area contributed by atoms with E-state index in [4.69, 9.17) is 0 Å². The first-order chi connectivity index (χ1) is 13.9. The minimum Gasteiger partial charge on any atom is -0.383 e. The fourth-order valence-corrected chi connectivity index (χ4v) is 4.11. The van der Waals surface area contributed by atoms with Gasteiger partial charge in [-0.1, -0.05) is 36.4 Å². The average Bonchev–Trinajstić information content (AvgIpc) is 2.74. The topological polar surface area (TPSA) is 78.1 Å². The molecule has 1 aromatic carbocycles. The SMILES string of the molecule is CN(C)[C@@H]1CN(C(=O)c2cnc3ccccn3c2=O)CC[C@]1(O)c1ccccc1. The van der Waals surface area contributed by atoms with Crippen molar-refractivity contribution in [1.82, 2.24) is 19.2 Å². The molecule has 29 heavy (non-hydrogen) atoms. The summed E-state index contributed by atoms with van der Waals surface area (Å²) < 4.78 is 1.38. The first-order valence-corrected chi connectivity index (χ1v) is 9.62. The number of piperidine rings is 1. The molecule has 2 atom stereocenters. The molecule has 1 saturated heterocycles. The van der Waals surface area contributed by atoms with Crippen LogP contribution in [0.4, 0.5) is 0 Å². The molecule has 3 aromatic rings. The summed E-state index contributed by atoms with van der Waals surface area (Å²) in [5.74, 6) is -0.359. The zero-order chi connectivity index (χ0) is 20.6. The number of pyridine rings is 1. The van der Waals surface area contributed by atoms with Gasteiger partial charge in [-0.15, -0.1) is 0 Å². The lowest BCUT2D eigenvalue weighted by molar-refractivity contribution is -0.0810. The van der Waals surface area contributed by atoms with Gasteiger partial charge in [-0.3, -0.25) is 14.0 Å². The first-order valence-electron chi connectivity index (χ1n) is 9.62. The maximum absolute atomic E-state index is 13.2. The second-order valence-electron chi connectivity index (χ2n) is 7.68. The van der Waals surface area contributed by atoms with Gasteiger partial charge in [-0.25, -0.2) is 4.98 Å². The lowest BCUT2D eigenvalue weighted by Crippen LogP contribution is -2.60. The Balaban J connectivity index is 1.65. The van der Waals surface area contributed by atoms with Crippen molar-refractivity contribution in [3.05, 3.63) is 82.4 Å². The van der Waals surface area contributed by atoms with E-state index in [0.717, 1.165) is 5.56 Å². The standard InChI is InChI=1S/C22H24N4O3/c1-24(2)18-15-25(13-11-22(18,29)16-8-4-3-5-9-16)20(27)17-14-23-19-10-6-7-12-26(19)21(17)28/h3-10,12,14,18,29H,11,13,15H2,1-2H3/t18-,22+/m1/s1. The zero-order valence-corrected chi connectivity index (χ0v) is 16.5. The van der Waals surface area contributed by atoms with Crippen molar-refractivity contribution in [2.75, 3.05) is 27.2 Å². The van der Waals surface area contributed by atoms with Gasteiger partial charge in [0.2, 0.25) is 0 Å². The number of likely N-dealkylation sites (tertiary alicyclic amines) is 1. The van der Waals surface area contributed by atoms with Crippen molar-refractivity contribution < 1.29 is 9.90 Å². The normalized spacial score (nSPS) is 22.2. The highest BCUT2D eigenvalue weighted by atomic mass is 16.3. The van der Waals surface area contributed by atoms with E-state index in [0.29, 0.717) is 25.2 Å². The Morgan fingerprint density at radius 3 is 2.62 bits per heavy atom. The van der Waals surface area contributed by atoms with Crippen molar-refractivity contribution in [1.29, 1.82) is 0 Å². The highest BCUT2D eigenvalue weighted by Crippen LogP contribution is 2.35. The molecule has 0 spiro atoms. The Labute approximate surface area is 168 Å². The molecule has 0 unspecified atom stereocenters. The molecule has 1 fully saturated rings. The Bertz CT molecular complexity index is 1100. The van der Waals surface area contributed by atoms with Gasteiger partial charge in [0.15, 0.2) is 0 Å². The summed E-state index contributed by atoms with van der Waals surface area (Å²) in [6.45, 7) is 0.666. The quantitative estimate of drug-likeness (QED) is 0.728. The minimum atomic E-state index is -1.07. The number of fused-ring (bicyclic) bond motifs is 1. The maximum Gasteiger partial charge on any atom is 0.270 e. The molecular formula is C22H24N4O3. The number of hydrogen-bond acceptors (Lipinski definition) is 5. The summed E-state index contributed by atoms with van der Waals surface area (Å²) >= 11 is 0. The van der Waals surface area contributed by atoms with Crippen LogP contribution >= 0.6 is 0 Å². The molecule has 1 aliphatic heterocycles. The monoisotopic (exact) mass is 392 g/mol. The van der Waals surface area contributed by atoms with Crippen LogP contribution in [0.15, 0.2) is 65.7 Å². The van der Waals surface area contributed by atoms with E-state index in [1.54, 1.807) is 29.3 Å². The van der Waals surface area contributed by atoms with E-state index in [2.05, 4.69) is 4.98 Å². The number of rotatable bonds is 3. The van der Waals surface area contributed by atoms with Gasteiger partial charge in [-0.2, -0.15) is 0 Å². The number of amides is 1. The number of carbonyl (C=O) groups is 1. The molecule has 150 valence electrons. The molecule has 7 heteroatoms. The van der Waals surface area contributed by atoms with Crippen LogP contribution in [0.2, 0.25) is 0 Å². The molecular weight excluding hydrogens is 368 g/mol. The van der Waals surface area contributed by atoms with Crippen LogP contribution in [0.1, 0.15) is 22.3 Å². The van der Waals surface area contributed by atoms with Crippen molar-refractivity contribution in [2.24, 2.45) is 0 Å². The van der Waals surface area contributed by atoms with Crippen molar-refractivity contribution in [2.45, 2.75) is 18.1 Å². The summed E-state index contributed by atoms with van der Waals surface area (Å²) in [6, 6.07) is 14.5. The first kappa shape index (κ1) is 19.3. The summed E-state index contributed by atoms with van der Waals surface area (Å²) in [6.07, 6.45) is 3.34. The number of nitrogens with zero attached hydrogens (tertiary/aromatic N) is 4. The molecule has 0 saturated carbocycles. The fraction of sp³-hybridized carbons (Fsp3) is 0.318. The van der Waals surface area contributed by atoms with Crippen LogP contribution in [0.5, 0.6) is 0 Å². The maximum atomic E-state index is 13.2. The molecule has 0 bridgehead atoms. The Hall–Kier alpha value is -3.03. The largest absolute Gasteiger partial charge is 0.383 e. The van der Waals surface area contributed by atoms with Gasteiger partial charge in [0.1, 0.15) is 16.8 Å². The van der Waals surface area contributed by atoms with E-state index in [1.165, 1.54) is 10.6 Å². The molecule has 1 N–H and O–H groups in total. The number of benzene rings is 1. The van der Waals surface area contributed by atoms with E-state index in [-0.39, 0.29) is 23.1 Å². The number of hydrogen-bond donors (Lipinski definition) is 1. The van der Waals surface area contributed by atoms with Gasteiger partial charge < -0.3 is 14.9 Å². The van der Waals surface area contributed by atoms with E-state index in [9.17, 15) is 14.7 Å². The Morgan fingerprint density at radius 2 is 1.90 bits per heavy atom. The summed E-state index contributed by atoms with van der Waals surface area (Å²) in [5, 5.41) is 11.5. The number of aromatic nitrogens is 2. The van der Waals surface area contributed by atoms with E-state index < -0.39 is 5.60 Å². The van der Waals surface area contributed by atoms with Crippen LogP contribution in [0, 0.1) is 0 Å². The zero-order valence-electron chi connectivity index (χ0n) is 16.5. The third kappa shape index (κ3) is 3.32. The molecule has 3 heterocycles. The van der Waals surface area contributed by atoms with Crippen LogP contribution in [0.3, 0.4) is 0 Å². The van der Waals surface area contributed by atoms with E-state index >= 15 is 0 Å². The van der Waals surface area contributed by atoms with Gasteiger partial charge in [0.25, 0.3) is 11.5 Å². The molecule has 4 rings (SSSR count). The van der Waals surface area contributed by atoms with Crippen LogP contribution < -0.4 is 5.56 Å². The summed E-state index contributed by atoms with van der Waals surface area (Å²) in [7, 11) is 3.78. The molecule has 0 aliphatic carbocycles. The Kier molecular flexibility index (Phi) is 4.94. The van der Waals surface area contributed by atoms with Crippen LogP contribution in [-0.4, -0.2) is 63.4 Å². The van der Waals surface area contributed by atoms with Crippen molar-refractivity contribution >= 4 is 11.6 Å². The highest BCUT2D eigenvalue weighted by Gasteiger charge is 2.45. The summed E-state index contributed by atoms with van der Waals surface area (Å²) in [5.41, 5.74) is -0.0871. The lowest BCUT2D eigenvalue weighted by Gasteiger charge is -2.47. The minimum absolute atomic E-state index is 0.0383. The molecule has 7 nitrogen and oxygen atoms in total. The molecule has 2 aromatic heterocycles. The lowest BCUT2D eigenvalue weighted by atomic mass is 9.79. The van der Waals surface area contributed by atoms with Crippen LogP contribution in [-0.2, 0) is 5.60 Å². The smallest absolute Gasteiger partial charge is 0.270 e. The van der Waals surface area contributed by atoms with Crippen molar-refractivity contribution in [3.63, 3.8) is 0 Å². The molecule has 1 amide bonds. The number of likely N-dealkylation sites (N-methyl/N-ethyl adjacent to an activating group) is 1. The molecule has 0 radical (unpaired) electrons. The van der Waals surface area contributed by atoms with Gasteiger partial charge in [-0.05, 0) is 38.2 Å². The number of carbonyl (C=O) groups excluding carboxylic acids is 1.